The molecule has 1 aliphatic rings. The van der Waals surface area contributed by atoms with E-state index in [0.717, 1.165) is 31.9 Å². The lowest BCUT2D eigenvalue weighted by Gasteiger charge is -2.34. The van der Waals surface area contributed by atoms with E-state index in [9.17, 15) is 13.2 Å². The van der Waals surface area contributed by atoms with E-state index in [1.54, 1.807) is 13.8 Å². The van der Waals surface area contributed by atoms with Gasteiger partial charge in [-0.25, -0.2) is 8.42 Å². The maximum atomic E-state index is 12.5. The Morgan fingerprint density at radius 3 is 2.24 bits per heavy atom. The number of carbonyl (C=O) groups is 1. The summed E-state index contributed by atoms with van der Waals surface area (Å²) < 4.78 is 22.2. The summed E-state index contributed by atoms with van der Waals surface area (Å²) in [6, 6.07) is 0. The summed E-state index contributed by atoms with van der Waals surface area (Å²) in [5.41, 5.74) is 0. The summed E-state index contributed by atoms with van der Waals surface area (Å²) >= 11 is 0. The molecule has 2 unspecified atom stereocenters. The highest BCUT2D eigenvalue weighted by Gasteiger charge is 2.44. The molecule has 100 valence electrons. The van der Waals surface area contributed by atoms with Gasteiger partial charge < -0.3 is 0 Å². The molecule has 0 aromatic carbocycles. The molecule has 0 saturated heterocycles. The number of Topliss-reactive ketones (excluding diaryl/α,β-unsaturated/α-hetero) is 1. The molecule has 1 rings (SSSR count). The lowest BCUT2D eigenvalue weighted by molar-refractivity contribution is -0.127. The fourth-order valence-electron chi connectivity index (χ4n) is 2.67. The van der Waals surface area contributed by atoms with Gasteiger partial charge in [0.15, 0.2) is 15.6 Å². The Morgan fingerprint density at radius 2 is 1.76 bits per heavy atom. The van der Waals surface area contributed by atoms with Crippen LogP contribution in [0.25, 0.3) is 0 Å². The van der Waals surface area contributed by atoms with Gasteiger partial charge in [-0.15, -0.1) is 0 Å². The number of sulfone groups is 1. The van der Waals surface area contributed by atoms with E-state index >= 15 is 0 Å². The highest BCUT2D eigenvalue weighted by Crippen LogP contribution is 2.36. The van der Waals surface area contributed by atoms with Gasteiger partial charge in [0.1, 0.15) is 4.75 Å². The third kappa shape index (κ3) is 2.90. The van der Waals surface area contributed by atoms with Gasteiger partial charge in [0.2, 0.25) is 0 Å². The molecular weight excluding hydrogens is 236 g/mol. The molecule has 0 aliphatic heterocycles. The van der Waals surface area contributed by atoms with Gasteiger partial charge in [-0.05, 0) is 32.6 Å². The molecule has 3 nitrogen and oxygen atoms in total. The molecule has 1 saturated carbocycles. The summed E-state index contributed by atoms with van der Waals surface area (Å²) in [4.78, 5) is 12.5. The molecule has 0 radical (unpaired) electrons. The molecule has 0 N–H and O–H groups in total. The van der Waals surface area contributed by atoms with Crippen LogP contribution in [-0.4, -0.2) is 25.2 Å². The second-order valence-corrected chi connectivity index (χ2v) is 8.27. The molecule has 4 heteroatoms. The first-order valence-electron chi connectivity index (χ1n) is 6.45. The van der Waals surface area contributed by atoms with Crippen molar-refractivity contribution >= 4 is 15.6 Å². The maximum Gasteiger partial charge on any atom is 0.159 e. The third-order valence-corrected chi connectivity index (χ3v) is 6.35. The summed E-state index contributed by atoms with van der Waals surface area (Å²) in [5.74, 6) is 0.238. The van der Waals surface area contributed by atoms with Crippen molar-refractivity contribution in [2.75, 3.05) is 6.26 Å². The van der Waals surface area contributed by atoms with Crippen molar-refractivity contribution in [1.82, 2.24) is 0 Å². The SMILES string of the molecule is CCC1CCCCC1C(=O)C(C)(C)S(C)(=O)=O. The summed E-state index contributed by atoms with van der Waals surface area (Å²) in [7, 11) is -3.33. The number of ketones is 1. The average Bonchev–Trinajstić information content (AvgIpc) is 2.26. The number of carbonyl (C=O) groups excluding carboxylic acids is 1. The molecule has 0 amide bonds. The van der Waals surface area contributed by atoms with Crippen molar-refractivity contribution in [2.24, 2.45) is 11.8 Å². The zero-order valence-corrected chi connectivity index (χ0v) is 12.1. The zero-order chi connectivity index (χ0) is 13.3. The van der Waals surface area contributed by atoms with Crippen molar-refractivity contribution in [3.63, 3.8) is 0 Å². The minimum atomic E-state index is -3.33. The largest absolute Gasteiger partial charge is 0.298 e. The first kappa shape index (κ1) is 14.7. The normalized spacial score (nSPS) is 26.8. The average molecular weight is 260 g/mol. The van der Waals surface area contributed by atoms with E-state index in [1.807, 2.05) is 0 Å². The second-order valence-electron chi connectivity index (χ2n) is 5.71. The summed E-state index contributed by atoms with van der Waals surface area (Å²) in [6.07, 6.45) is 6.27. The van der Waals surface area contributed by atoms with Gasteiger partial charge in [-0.2, -0.15) is 0 Å². The van der Waals surface area contributed by atoms with Crippen LogP contribution in [0.1, 0.15) is 52.9 Å². The van der Waals surface area contributed by atoms with E-state index in [0.29, 0.717) is 5.92 Å². The Bertz CT molecular complexity index is 381. The Morgan fingerprint density at radius 1 is 1.24 bits per heavy atom. The van der Waals surface area contributed by atoms with Crippen LogP contribution in [0.15, 0.2) is 0 Å². The minimum Gasteiger partial charge on any atom is -0.298 e. The van der Waals surface area contributed by atoms with E-state index in [1.165, 1.54) is 6.42 Å². The molecule has 1 aliphatic carbocycles. The van der Waals surface area contributed by atoms with Crippen molar-refractivity contribution in [3.05, 3.63) is 0 Å². The molecule has 1 fully saturated rings. The fourth-order valence-corrected chi connectivity index (χ4v) is 3.19. The lowest BCUT2D eigenvalue weighted by Crippen LogP contribution is -2.46. The standard InChI is InChI=1S/C13H24O3S/c1-5-10-8-6-7-9-11(10)12(14)13(2,3)17(4,15)16/h10-11H,5-9H2,1-4H3. The predicted octanol–water partition coefficient (Wildman–Crippen LogP) is 2.60. The van der Waals surface area contributed by atoms with Gasteiger partial charge >= 0.3 is 0 Å². The van der Waals surface area contributed by atoms with Gasteiger partial charge in [-0.3, -0.25) is 4.79 Å². The molecule has 0 aromatic rings. The second kappa shape index (κ2) is 5.09. The van der Waals surface area contributed by atoms with Gasteiger partial charge in [-0.1, -0.05) is 26.2 Å². The predicted molar refractivity (Wildman–Crippen MR) is 69.7 cm³/mol. The van der Waals surface area contributed by atoms with E-state index in [-0.39, 0.29) is 11.7 Å². The van der Waals surface area contributed by atoms with Crippen LogP contribution in [0.2, 0.25) is 0 Å². The van der Waals surface area contributed by atoms with Crippen LogP contribution >= 0.6 is 0 Å². The van der Waals surface area contributed by atoms with Crippen LogP contribution in [-0.2, 0) is 14.6 Å². The number of hydrogen-bond donors (Lipinski definition) is 0. The van der Waals surface area contributed by atoms with Crippen LogP contribution in [0.5, 0.6) is 0 Å². The Balaban J connectivity index is 2.95. The van der Waals surface area contributed by atoms with Crippen LogP contribution in [0.3, 0.4) is 0 Å². The zero-order valence-electron chi connectivity index (χ0n) is 11.3. The van der Waals surface area contributed by atoms with Crippen molar-refractivity contribution in [1.29, 1.82) is 0 Å². The third-order valence-electron chi connectivity index (χ3n) is 4.29. The number of rotatable bonds is 4. The topological polar surface area (TPSA) is 51.2 Å². The van der Waals surface area contributed by atoms with Gasteiger partial charge in [0.25, 0.3) is 0 Å². The van der Waals surface area contributed by atoms with E-state index < -0.39 is 14.6 Å². The highest BCUT2D eigenvalue weighted by molar-refractivity contribution is 7.92. The van der Waals surface area contributed by atoms with Crippen molar-refractivity contribution < 1.29 is 13.2 Å². The van der Waals surface area contributed by atoms with Gasteiger partial charge in [0.05, 0.1) is 0 Å². The van der Waals surface area contributed by atoms with Crippen LogP contribution in [0.4, 0.5) is 0 Å². The maximum absolute atomic E-state index is 12.5. The fraction of sp³-hybridized carbons (Fsp3) is 0.923. The van der Waals surface area contributed by atoms with E-state index in [4.69, 9.17) is 0 Å². The molecule has 0 bridgehead atoms. The van der Waals surface area contributed by atoms with Gasteiger partial charge in [0, 0.05) is 12.2 Å². The lowest BCUT2D eigenvalue weighted by atomic mass is 9.73. The molecule has 0 aromatic heterocycles. The minimum absolute atomic E-state index is 0.0570. The highest BCUT2D eigenvalue weighted by atomic mass is 32.2. The van der Waals surface area contributed by atoms with Crippen LogP contribution < -0.4 is 0 Å². The molecule has 0 heterocycles. The monoisotopic (exact) mass is 260 g/mol. The number of hydrogen-bond acceptors (Lipinski definition) is 3. The Hall–Kier alpha value is -0.380. The first-order chi connectivity index (χ1) is 7.71. The molecule has 0 spiro atoms. The first-order valence-corrected chi connectivity index (χ1v) is 8.35. The Labute approximate surface area is 105 Å². The molecule has 17 heavy (non-hydrogen) atoms. The smallest absolute Gasteiger partial charge is 0.159 e. The summed E-state index contributed by atoms with van der Waals surface area (Å²) in [6.45, 7) is 5.18. The van der Waals surface area contributed by atoms with Crippen molar-refractivity contribution in [2.45, 2.75) is 57.6 Å². The molecular formula is C13H24O3S. The van der Waals surface area contributed by atoms with E-state index in [2.05, 4.69) is 6.92 Å². The quantitative estimate of drug-likeness (QED) is 0.780. The molecule has 2 atom stereocenters. The van der Waals surface area contributed by atoms with Crippen molar-refractivity contribution in [3.8, 4) is 0 Å². The van der Waals surface area contributed by atoms with Crippen LogP contribution in [0, 0.1) is 11.8 Å². The Kier molecular flexibility index (Phi) is 4.39. The summed E-state index contributed by atoms with van der Waals surface area (Å²) in [5, 5.41) is 0.